The Morgan fingerprint density at radius 1 is 1.24 bits per heavy atom. The highest BCUT2D eigenvalue weighted by Crippen LogP contribution is 2.23. The van der Waals surface area contributed by atoms with Crippen molar-refractivity contribution in [3.8, 4) is 6.07 Å². The maximum Gasteiger partial charge on any atom is 0.0635 e. The molecule has 92 valence electrons. The molecule has 0 aliphatic heterocycles. The largest absolute Gasteiger partial charge is 0.309 e. The molecule has 1 unspecified atom stereocenters. The maximum atomic E-state index is 8.49. The second-order valence-electron chi connectivity index (χ2n) is 5.46. The molecule has 0 amide bonds. The molecule has 0 saturated heterocycles. The summed E-state index contributed by atoms with van der Waals surface area (Å²) in [5.41, 5.74) is 2.83. The summed E-state index contributed by atoms with van der Waals surface area (Å²) in [6.07, 6.45) is 0.560. The standard InChI is InChI=1S/C15H22N2/c1-12(17-11-5-10-16)13-6-8-14(9-7-13)15(2,3)4/h6-9,12,17H,5,11H2,1-4H3. The lowest BCUT2D eigenvalue weighted by Gasteiger charge is -2.20. The molecule has 2 nitrogen and oxygen atoms in total. The van der Waals surface area contributed by atoms with E-state index in [4.69, 9.17) is 5.26 Å². The molecule has 0 aromatic heterocycles. The van der Waals surface area contributed by atoms with Gasteiger partial charge >= 0.3 is 0 Å². The van der Waals surface area contributed by atoms with Crippen molar-refractivity contribution < 1.29 is 0 Å². The zero-order valence-electron chi connectivity index (χ0n) is 11.2. The molecule has 1 N–H and O–H groups in total. The Morgan fingerprint density at radius 2 is 1.82 bits per heavy atom. The van der Waals surface area contributed by atoms with E-state index in [2.05, 4.69) is 63.3 Å². The average Bonchev–Trinajstić information content (AvgIpc) is 2.28. The van der Waals surface area contributed by atoms with Crippen LogP contribution in [0.2, 0.25) is 0 Å². The van der Waals surface area contributed by atoms with Gasteiger partial charge in [0.1, 0.15) is 0 Å². The lowest BCUT2D eigenvalue weighted by molar-refractivity contribution is 0.575. The summed E-state index contributed by atoms with van der Waals surface area (Å²) in [7, 11) is 0. The average molecular weight is 230 g/mol. The topological polar surface area (TPSA) is 35.8 Å². The third kappa shape index (κ3) is 4.20. The Kier molecular flexibility index (Phi) is 4.72. The van der Waals surface area contributed by atoms with Crippen LogP contribution in [0.4, 0.5) is 0 Å². The van der Waals surface area contributed by atoms with E-state index < -0.39 is 0 Å². The number of benzene rings is 1. The van der Waals surface area contributed by atoms with Gasteiger partial charge in [0, 0.05) is 19.0 Å². The summed E-state index contributed by atoms with van der Waals surface area (Å²) in [6.45, 7) is 9.53. The van der Waals surface area contributed by atoms with Crippen LogP contribution in [0.3, 0.4) is 0 Å². The van der Waals surface area contributed by atoms with Gasteiger partial charge in [-0.05, 0) is 23.5 Å². The molecule has 0 radical (unpaired) electrons. The van der Waals surface area contributed by atoms with Gasteiger partial charge in [-0.25, -0.2) is 0 Å². The van der Waals surface area contributed by atoms with Crippen LogP contribution >= 0.6 is 0 Å². The second-order valence-corrected chi connectivity index (χ2v) is 5.46. The molecule has 1 aromatic rings. The predicted molar refractivity (Wildman–Crippen MR) is 71.8 cm³/mol. The molecular weight excluding hydrogens is 208 g/mol. The normalized spacial score (nSPS) is 13.1. The lowest BCUT2D eigenvalue weighted by atomic mass is 9.86. The molecule has 1 rings (SSSR count). The first-order valence-electron chi connectivity index (χ1n) is 6.16. The first-order valence-corrected chi connectivity index (χ1v) is 6.16. The van der Waals surface area contributed by atoms with Crippen LogP contribution in [0.15, 0.2) is 24.3 Å². The van der Waals surface area contributed by atoms with Crippen molar-refractivity contribution in [2.24, 2.45) is 0 Å². The first-order chi connectivity index (χ1) is 7.95. The van der Waals surface area contributed by atoms with Crippen molar-refractivity contribution in [1.82, 2.24) is 5.32 Å². The van der Waals surface area contributed by atoms with Gasteiger partial charge in [0.25, 0.3) is 0 Å². The highest BCUT2D eigenvalue weighted by Gasteiger charge is 2.13. The second kappa shape index (κ2) is 5.84. The van der Waals surface area contributed by atoms with Crippen LogP contribution in [0.5, 0.6) is 0 Å². The molecule has 0 aliphatic carbocycles. The van der Waals surface area contributed by atoms with Crippen LogP contribution < -0.4 is 5.32 Å². The van der Waals surface area contributed by atoms with E-state index >= 15 is 0 Å². The van der Waals surface area contributed by atoms with Gasteiger partial charge in [0.15, 0.2) is 0 Å². The molecule has 0 bridgehead atoms. The van der Waals surface area contributed by atoms with E-state index in [9.17, 15) is 0 Å². The zero-order chi connectivity index (χ0) is 12.9. The van der Waals surface area contributed by atoms with Gasteiger partial charge in [-0.15, -0.1) is 0 Å². The van der Waals surface area contributed by atoms with E-state index in [1.165, 1.54) is 11.1 Å². The third-order valence-corrected chi connectivity index (χ3v) is 2.96. The molecule has 1 aromatic carbocycles. The van der Waals surface area contributed by atoms with E-state index in [1.54, 1.807) is 0 Å². The smallest absolute Gasteiger partial charge is 0.0635 e. The number of rotatable bonds is 4. The van der Waals surface area contributed by atoms with E-state index in [0.29, 0.717) is 12.5 Å². The van der Waals surface area contributed by atoms with Crippen LogP contribution in [-0.2, 0) is 5.41 Å². The quantitative estimate of drug-likeness (QED) is 0.803. The molecule has 0 fully saturated rings. The van der Waals surface area contributed by atoms with E-state index in [-0.39, 0.29) is 5.41 Å². The zero-order valence-corrected chi connectivity index (χ0v) is 11.2. The summed E-state index contributed by atoms with van der Waals surface area (Å²) < 4.78 is 0. The van der Waals surface area contributed by atoms with Gasteiger partial charge in [-0.1, -0.05) is 45.0 Å². The van der Waals surface area contributed by atoms with Crippen molar-refractivity contribution in [2.45, 2.75) is 45.6 Å². The Bertz CT molecular complexity index is 379. The number of nitrogens with one attached hydrogen (secondary N) is 1. The fourth-order valence-electron chi connectivity index (χ4n) is 1.73. The SMILES string of the molecule is CC(NCCC#N)c1ccc(C(C)(C)C)cc1. The van der Waals surface area contributed by atoms with Crippen molar-refractivity contribution in [1.29, 1.82) is 5.26 Å². The fourth-order valence-corrected chi connectivity index (χ4v) is 1.73. The molecular formula is C15H22N2. The highest BCUT2D eigenvalue weighted by atomic mass is 14.9. The molecule has 0 aliphatic rings. The van der Waals surface area contributed by atoms with Gasteiger partial charge in [0.2, 0.25) is 0 Å². The molecule has 0 heterocycles. The van der Waals surface area contributed by atoms with Gasteiger partial charge in [0.05, 0.1) is 6.07 Å². The van der Waals surface area contributed by atoms with Crippen LogP contribution in [0.1, 0.15) is 51.3 Å². The molecule has 0 saturated carbocycles. The summed E-state index contributed by atoms with van der Waals surface area (Å²) in [5, 5.41) is 11.8. The fraction of sp³-hybridized carbons (Fsp3) is 0.533. The highest BCUT2D eigenvalue weighted by molar-refractivity contribution is 5.28. The molecule has 2 heteroatoms. The number of hydrogen-bond donors (Lipinski definition) is 1. The summed E-state index contributed by atoms with van der Waals surface area (Å²) in [4.78, 5) is 0. The molecule has 0 spiro atoms. The minimum absolute atomic E-state index is 0.204. The Labute approximate surface area is 105 Å². The molecule has 1 atom stereocenters. The van der Waals surface area contributed by atoms with Crippen LogP contribution in [0, 0.1) is 11.3 Å². The monoisotopic (exact) mass is 230 g/mol. The Hall–Kier alpha value is -1.33. The Morgan fingerprint density at radius 3 is 2.29 bits per heavy atom. The summed E-state index contributed by atoms with van der Waals surface area (Å²) in [6, 6.07) is 11.2. The van der Waals surface area contributed by atoms with Gasteiger partial charge in [-0.3, -0.25) is 0 Å². The third-order valence-electron chi connectivity index (χ3n) is 2.96. The van der Waals surface area contributed by atoms with Crippen molar-refractivity contribution in [3.63, 3.8) is 0 Å². The first kappa shape index (κ1) is 13.7. The van der Waals surface area contributed by atoms with Gasteiger partial charge < -0.3 is 5.32 Å². The number of nitrogens with zero attached hydrogens (tertiary/aromatic N) is 1. The number of nitriles is 1. The van der Waals surface area contributed by atoms with Crippen molar-refractivity contribution in [3.05, 3.63) is 35.4 Å². The van der Waals surface area contributed by atoms with Crippen LogP contribution in [-0.4, -0.2) is 6.54 Å². The Balaban J connectivity index is 2.65. The minimum Gasteiger partial charge on any atom is -0.309 e. The predicted octanol–water partition coefficient (Wildman–Crippen LogP) is 3.55. The summed E-state index contributed by atoms with van der Waals surface area (Å²) in [5.74, 6) is 0. The van der Waals surface area contributed by atoms with Crippen molar-refractivity contribution >= 4 is 0 Å². The van der Waals surface area contributed by atoms with E-state index in [0.717, 1.165) is 6.54 Å². The van der Waals surface area contributed by atoms with Crippen LogP contribution in [0.25, 0.3) is 0 Å². The molecule has 17 heavy (non-hydrogen) atoms. The van der Waals surface area contributed by atoms with Crippen molar-refractivity contribution in [2.75, 3.05) is 6.54 Å². The minimum atomic E-state index is 0.204. The van der Waals surface area contributed by atoms with Gasteiger partial charge in [-0.2, -0.15) is 5.26 Å². The maximum absolute atomic E-state index is 8.49. The lowest BCUT2D eigenvalue weighted by Crippen LogP contribution is -2.19. The van der Waals surface area contributed by atoms with E-state index in [1.807, 2.05) is 0 Å². The summed E-state index contributed by atoms with van der Waals surface area (Å²) >= 11 is 0. The number of hydrogen-bond acceptors (Lipinski definition) is 2.